The number of hydrogen-bond donors (Lipinski definition) is 0. The molecule has 4 aromatic heterocycles. The number of rotatable bonds is 10. The van der Waals surface area contributed by atoms with Gasteiger partial charge in [0.2, 0.25) is 0 Å². The molecule has 14 rings (SSSR count). The summed E-state index contributed by atoms with van der Waals surface area (Å²) in [7, 11) is 0. The van der Waals surface area contributed by atoms with Crippen LogP contribution in [0.2, 0.25) is 0 Å². The molecule has 6 nitrogen and oxygen atoms in total. The van der Waals surface area contributed by atoms with Crippen LogP contribution in [0.3, 0.4) is 0 Å². The summed E-state index contributed by atoms with van der Waals surface area (Å²) in [6, 6.07) is 66.7. The van der Waals surface area contributed by atoms with Crippen LogP contribution in [0.1, 0.15) is 72.2 Å². The molecule has 0 N–H and O–H groups in total. The van der Waals surface area contributed by atoms with Crippen LogP contribution in [0.15, 0.2) is 232 Å². The number of fused-ring (bicyclic) bond motifs is 12. The molecule has 2 aliphatic rings. The second-order valence-corrected chi connectivity index (χ2v) is 21.6. The number of aromatic nitrogens is 4. The highest BCUT2D eigenvalue weighted by molar-refractivity contribution is 6.26. The lowest BCUT2D eigenvalue weighted by Gasteiger charge is -2.27. The van der Waals surface area contributed by atoms with E-state index in [2.05, 4.69) is 227 Å². The van der Waals surface area contributed by atoms with Crippen LogP contribution in [0, 0.1) is 0 Å². The van der Waals surface area contributed by atoms with Crippen LogP contribution < -0.4 is 9.80 Å². The van der Waals surface area contributed by atoms with Gasteiger partial charge in [-0.15, -0.1) is 0 Å². The zero-order valence-corrected chi connectivity index (χ0v) is 43.9. The molecule has 12 aromatic rings. The van der Waals surface area contributed by atoms with E-state index < -0.39 is 0 Å². The van der Waals surface area contributed by atoms with E-state index in [0.29, 0.717) is 0 Å². The summed E-state index contributed by atoms with van der Waals surface area (Å²) in [4.78, 5) is 22.0. The van der Waals surface area contributed by atoms with Gasteiger partial charge in [-0.2, -0.15) is 0 Å². The number of hydrogen-bond acceptors (Lipinski definition) is 6. The lowest BCUT2D eigenvalue weighted by atomic mass is 9.81. The van der Waals surface area contributed by atoms with E-state index in [1.807, 2.05) is 86.0 Å². The monoisotopic (exact) mass is 1000 g/mol. The third-order valence-corrected chi connectivity index (χ3v) is 16.4. The highest BCUT2D eigenvalue weighted by Gasteiger charge is 2.38. The average Bonchev–Trinajstić information content (AvgIpc) is 4.09. The van der Waals surface area contributed by atoms with Gasteiger partial charge in [0.05, 0.1) is 23.8 Å². The first kappa shape index (κ1) is 46.7. The summed E-state index contributed by atoms with van der Waals surface area (Å²) in [6.07, 6.45) is 23.9. The van der Waals surface area contributed by atoms with Crippen LogP contribution >= 0.6 is 0 Å². The van der Waals surface area contributed by atoms with Crippen molar-refractivity contribution < 1.29 is 0 Å². The van der Waals surface area contributed by atoms with Crippen molar-refractivity contribution in [2.75, 3.05) is 9.80 Å². The third kappa shape index (κ3) is 7.87. The molecular formula is C72H54N6. The quantitative estimate of drug-likeness (QED) is 0.100. The first-order valence-corrected chi connectivity index (χ1v) is 26.7. The molecule has 0 bridgehead atoms. The first-order valence-electron chi connectivity index (χ1n) is 26.7. The van der Waals surface area contributed by atoms with E-state index in [0.717, 1.165) is 34.1 Å². The molecule has 8 aromatic carbocycles. The SMILES string of the molecule is CC1(C)c2cc(/C=C/c3ccc4c5ccc(/C=C/c6ccc7c(c6)C(C)(C)c6cc(N(c8ccncc8)c8cccnc8)ccc6-7)cc5c5ccccc5c4c3)ccc2-c2ccc(N(c3ccncc3)c3cccnc3)cc21. The Morgan fingerprint density at radius 1 is 0.282 bits per heavy atom. The van der Waals surface area contributed by atoms with Gasteiger partial charge in [0.25, 0.3) is 0 Å². The Balaban J connectivity index is 0.734. The maximum atomic E-state index is 4.46. The Morgan fingerprint density at radius 2 is 0.641 bits per heavy atom. The Kier molecular flexibility index (Phi) is 11.1. The predicted molar refractivity (Wildman–Crippen MR) is 325 cm³/mol. The molecule has 4 heterocycles. The van der Waals surface area contributed by atoms with Gasteiger partial charge in [-0.1, -0.05) is 149 Å². The minimum Gasteiger partial charge on any atom is -0.309 e. The summed E-state index contributed by atoms with van der Waals surface area (Å²) in [5.74, 6) is 0. The molecule has 0 fully saturated rings. The van der Waals surface area contributed by atoms with Crippen LogP contribution in [0.4, 0.5) is 34.1 Å². The summed E-state index contributed by atoms with van der Waals surface area (Å²) in [5, 5.41) is 7.54. The van der Waals surface area contributed by atoms with Crippen molar-refractivity contribution in [3.8, 4) is 22.3 Å². The molecule has 78 heavy (non-hydrogen) atoms. The normalized spacial score (nSPS) is 13.7. The van der Waals surface area contributed by atoms with E-state index in [-0.39, 0.29) is 10.8 Å². The van der Waals surface area contributed by atoms with Gasteiger partial charge >= 0.3 is 0 Å². The highest BCUT2D eigenvalue weighted by Crippen LogP contribution is 2.53. The molecule has 2 aliphatic carbocycles. The number of anilines is 6. The Morgan fingerprint density at radius 3 is 1.04 bits per heavy atom. The molecule has 0 amide bonds. The van der Waals surface area contributed by atoms with Crippen LogP contribution in [0.5, 0.6) is 0 Å². The summed E-state index contributed by atoms with van der Waals surface area (Å²) >= 11 is 0. The standard InChI is InChI=1S/C72H54N6/c1-71(2)67-41-49(19-25-61(67)63-27-21-53(43-69(63)71)77(51-29-35-73-36-30-51)55-9-7-33-75-45-55)15-13-47-17-23-59-60-24-18-48(40-66(60)58-12-6-5-11-57(58)65(59)39-47)14-16-50-20-26-62-64-28-22-54(44-70(64)72(3,4)68(62)42-50)78(52-31-37-74-38-32-52)56-10-8-34-76-46-56/h5-46H,1-4H3/b15-13+,16-14+. The van der Waals surface area contributed by atoms with Gasteiger partial charge in [0.15, 0.2) is 0 Å². The smallest absolute Gasteiger partial charge is 0.0644 e. The molecule has 6 heteroatoms. The number of benzene rings is 8. The van der Waals surface area contributed by atoms with Gasteiger partial charge in [-0.3, -0.25) is 19.9 Å². The summed E-state index contributed by atoms with van der Waals surface area (Å²) in [6.45, 7) is 9.39. The molecule has 0 atom stereocenters. The van der Waals surface area contributed by atoms with Gasteiger partial charge in [0, 0.05) is 70.8 Å². The predicted octanol–water partition coefficient (Wildman–Crippen LogP) is 18.6. The lowest BCUT2D eigenvalue weighted by molar-refractivity contribution is 0.660. The molecule has 0 saturated carbocycles. The Bertz CT molecular complexity index is 3990. The molecule has 0 aliphatic heterocycles. The van der Waals surface area contributed by atoms with Gasteiger partial charge in [-0.05, 0) is 184 Å². The van der Waals surface area contributed by atoms with Crippen LogP contribution in [-0.2, 0) is 10.8 Å². The van der Waals surface area contributed by atoms with E-state index in [9.17, 15) is 0 Å². The maximum absolute atomic E-state index is 4.46. The Hall–Kier alpha value is -9.78. The van der Waals surface area contributed by atoms with Crippen molar-refractivity contribution in [2.45, 2.75) is 38.5 Å². The minimum absolute atomic E-state index is 0.202. The summed E-state index contributed by atoms with van der Waals surface area (Å²) in [5.41, 5.74) is 21.0. The van der Waals surface area contributed by atoms with Crippen LogP contribution in [0.25, 0.3) is 78.9 Å². The van der Waals surface area contributed by atoms with Crippen molar-refractivity contribution in [3.05, 3.63) is 276 Å². The van der Waals surface area contributed by atoms with Crippen LogP contribution in [-0.4, -0.2) is 19.9 Å². The molecule has 0 spiro atoms. The second-order valence-electron chi connectivity index (χ2n) is 21.6. The van der Waals surface area contributed by atoms with Crippen molar-refractivity contribution in [1.82, 2.24) is 19.9 Å². The van der Waals surface area contributed by atoms with E-state index >= 15 is 0 Å². The summed E-state index contributed by atoms with van der Waals surface area (Å²) < 4.78 is 0. The van der Waals surface area contributed by atoms with Gasteiger partial charge in [0.1, 0.15) is 0 Å². The van der Waals surface area contributed by atoms with Gasteiger partial charge < -0.3 is 9.80 Å². The first-order chi connectivity index (χ1) is 38.2. The van der Waals surface area contributed by atoms with Gasteiger partial charge in [-0.25, -0.2) is 0 Å². The molecular weight excluding hydrogens is 949 g/mol. The van der Waals surface area contributed by atoms with E-state index in [4.69, 9.17) is 0 Å². The van der Waals surface area contributed by atoms with Crippen molar-refractivity contribution in [3.63, 3.8) is 0 Å². The Labute approximate surface area is 455 Å². The van der Waals surface area contributed by atoms with Crippen molar-refractivity contribution >= 4 is 90.7 Å². The largest absolute Gasteiger partial charge is 0.309 e. The molecule has 0 radical (unpaired) electrons. The van der Waals surface area contributed by atoms with Crippen molar-refractivity contribution in [2.24, 2.45) is 0 Å². The minimum atomic E-state index is -0.202. The average molecular weight is 1000 g/mol. The third-order valence-electron chi connectivity index (χ3n) is 16.4. The zero-order chi connectivity index (χ0) is 52.5. The lowest BCUT2D eigenvalue weighted by Crippen LogP contribution is -2.16. The topological polar surface area (TPSA) is 58.0 Å². The van der Waals surface area contributed by atoms with E-state index in [1.165, 1.54) is 99.1 Å². The fourth-order valence-electron chi connectivity index (χ4n) is 12.4. The molecule has 372 valence electrons. The fraction of sp³-hybridized carbons (Fsp3) is 0.0833. The fourth-order valence-corrected chi connectivity index (χ4v) is 12.4. The van der Waals surface area contributed by atoms with E-state index in [1.54, 1.807) is 0 Å². The molecule has 0 unspecified atom stereocenters. The zero-order valence-electron chi connectivity index (χ0n) is 43.9. The van der Waals surface area contributed by atoms with Crippen molar-refractivity contribution in [1.29, 1.82) is 0 Å². The number of nitrogens with zero attached hydrogens (tertiary/aromatic N) is 6. The number of pyridine rings is 4. The second kappa shape index (κ2) is 18.5. The molecule has 0 saturated heterocycles. The maximum Gasteiger partial charge on any atom is 0.0644 e. The highest BCUT2D eigenvalue weighted by atomic mass is 15.2.